The fraction of sp³-hybridized carbons (Fsp3) is 0.462. The van der Waals surface area contributed by atoms with E-state index in [9.17, 15) is 0 Å². The summed E-state index contributed by atoms with van der Waals surface area (Å²) >= 11 is 5.18. The molecule has 1 fully saturated rings. The molecule has 0 spiro atoms. The van der Waals surface area contributed by atoms with E-state index in [1.165, 1.54) is 0 Å². The molecule has 0 atom stereocenters. The summed E-state index contributed by atoms with van der Waals surface area (Å²) in [6.07, 6.45) is 3.33. The van der Waals surface area contributed by atoms with Gasteiger partial charge in [0.2, 0.25) is 0 Å². The summed E-state index contributed by atoms with van der Waals surface area (Å²) in [5.41, 5.74) is 0. The molecule has 3 heterocycles. The quantitative estimate of drug-likeness (QED) is 0.775. The molecule has 21 heavy (non-hydrogen) atoms. The number of nitrogens with zero attached hydrogens (tertiary/aromatic N) is 4. The highest BCUT2D eigenvalue weighted by molar-refractivity contribution is 7.71. The smallest absolute Gasteiger partial charge is 0.288 e. The molecule has 0 N–H and O–H groups in total. The summed E-state index contributed by atoms with van der Waals surface area (Å²) < 4.78 is 18.0. The standard InChI is InChI=1S/C13H16N4O3S/c21-13-17(10-16-4-6-18-7-5-16)15-12(20-13)9-19-11-2-1-3-14-8-11/h1-3,8H,4-7,9-10H2. The Morgan fingerprint density at radius 3 is 2.95 bits per heavy atom. The molecule has 3 rings (SSSR count). The molecule has 112 valence electrons. The fourth-order valence-electron chi connectivity index (χ4n) is 2.01. The van der Waals surface area contributed by atoms with Gasteiger partial charge < -0.3 is 13.9 Å². The molecular weight excluding hydrogens is 292 g/mol. The summed E-state index contributed by atoms with van der Waals surface area (Å²) in [7, 11) is 0. The maximum Gasteiger partial charge on any atom is 0.288 e. The van der Waals surface area contributed by atoms with Gasteiger partial charge in [-0.3, -0.25) is 9.88 Å². The molecule has 2 aromatic heterocycles. The molecule has 0 aromatic carbocycles. The second-order valence-electron chi connectivity index (χ2n) is 4.61. The molecule has 0 unspecified atom stereocenters. The third kappa shape index (κ3) is 3.87. The lowest BCUT2D eigenvalue weighted by Crippen LogP contribution is -2.37. The fourth-order valence-corrected chi connectivity index (χ4v) is 2.20. The van der Waals surface area contributed by atoms with Crippen LogP contribution >= 0.6 is 12.2 Å². The van der Waals surface area contributed by atoms with Gasteiger partial charge in [-0.1, -0.05) is 0 Å². The molecule has 1 aliphatic rings. The van der Waals surface area contributed by atoms with Crippen LogP contribution in [0.2, 0.25) is 0 Å². The molecule has 0 amide bonds. The van der Waals surface area contributed by atoms with Gasteiger partial charge in [-0.25, -0.2) is 4.68 Å². The average Bonchev–Trinajstić information content (AvgIpc) is 2.87. The Kier molecular flexibility index (Phi) is 4.59. The number of ether oxygens (including phenoxy) is 2. The van der Waals surface area contributed by atoms with Crippen molar-refractivity contribution < 1.29 is 13.9 Å². The maximum absolute atomic E-state index is 5.54. The monoisotopic (exact) mass is 308 g/mol. The van der Waals surface area contributed by atoms with Gasteiger partial charge in [-0.2, -0.15) is 0 Å². The highest BCUT2D eigenvalue weighted by Gasteiger charge is 2.13. The summed E-state index contributed by atoms with van der Waals surface area (Å²) in [6.45, 7) is 4.06. The van der Waals surface area contributed by atoms with Crippen molar-refractivity contribution in [2.24, 2.45) is 0 Å². The zero-order valence-corrected chi connectivity index (χ0v) is 12.3. The topological polar surface area (TPSA) is 65.6 Å². The van der Waals surface area contributed by atoms with Crippen molar-refractivity contribution in [2.45, 2.75) is 13.3 Å². The van der Waals surface area contributed by atoms with E-state index in [1.807, 2.05) is 12.1 Å². The summed E-state index contributed by atoms with van der Waals surface area (Å²) in [5.74, 6) is 1.12. The van der Waals surface area contributed by atoms with Crippen molar-refractivity contribution in [3.63, 3.8) is 0 Å². The van der Waals surface area contributed by atoms with E-state index < -0.39 is 0 Å². The largest absolute Gasteiger partial charge is 0.482 e. The zero-order valence-electron chi connectivity index (χ0n) is 11.5. The lowest BCUT2D eigenvalue weighted by molar-refractivity contribution is 0.0206. The minimum atomic E-state index is 0.228. The van der Waals surface area contributed by atoms with Gasteiger partial charge >= 0.3 is 0 Å². The van der Waals surface area contributed by atoms with Crippen LogP contribution in [-0.2, 0) is 18.0 Å². The molecule has 0 bridgehead atoms. The molecule has 1 saturated heterocycles. The number of aromatic nitrogens is 3. The summed E-state index contributed by atoms with van der Waals surface area (Å²) in [4.78, 5) is 6.55. The van der Waals surface area contributed by atoms with Crippen LogP contribution in [0, 0.1) is 4.84 Å². The van der Waals surface area contributed by atoms with Crippen LogP contribution in [0.3, 0.4) is 0 Å². The van der Waals surface area contributed by atoms with Crippen molar-refractivity contribution in [3.05, 3.63) is 35.3 Å². The highest BCUT2D eigenvalue weighted by Crippen LogP contribution is 2.10. The predicted octanol–water partition coefficient (Wildman–Crippen LogP) is 1.47. The van der Waals surface area contributed by atoms with E-state index in [-0.39, 0.29) is 6.61 Å². The molecule has 2 aromatic rings. The van der Waals surface area contributed by atoms with Crippen molar-refractivity contribution in [1.82, 2.24) is 19.7 Å². The van der Waals surface area contributed by atoms with Crippen LogP contribution in [0.25, 0.3) is 0 Å². The average molecular weight is 308 g/mol. The Morgan fingerprint density at radius 2 is 2.19 bits per heavy atom. The third-order valence-electron chi connectivity index (χ3n) is 3.08. The van der Waals surface area contributed by atoms with Crippen molar-refractivity contribution >= 4 is 12.2 Å². The first-order valence-corrected chi connectivity index (χ1v) is 7.12. The number of hydrogen-bond donors (Lipinski definition) is 0. The van der Waals surface area contributed by atoms with E-state index in [0.29, 0.717) is 23.1 Å². The van der Waals surface area contributed by atoms with Crippen LogP contribution in [0.5, 0.6) is 5.75 Å². The van der Waals surface area contributed by atoms with Gasteiger partial charge in [-0.05, 0) is 24.4 Å². The zero-order chi connectivity index (χ0) is 14.5. The molecule has 0 aliphatic carbocycles. The lowest BCUT2D eigenvalue weighted by atomic mass is 10.4. The molecule has 0 radical (unpaired) electrons. The molecule has 7 nitrogen and oxygen atoms in total. The van der Waals surface area contributed by atoms with E-state index >= 15 is 0 Å². The Morgan fingerprint density at radius 1 is 1.33 bits per heavy atom. The van der Waals surface area contributed by atoms with Gasteiger partial charge in [0, 0.05) is 19.3 Å². The Labute approximate surface area is 127 Å². The Balaban J connectivity index is 1.60. The first-order valence-electron chi connectivity index (χ1n) is 6.71. The van der Waals surface area contributed by atoms with Gasteiger partial charge in [0.05, 0.1) is 26.1 Å². The first-order chi connectivity index (χ1) is 10.3. The maximum atomic E-state index is 5.54. The van der Waals surface area contributed by atoms with Crippen molar-refractivity contribution in [1.29, 1.82) is 0 Å². The Hall–Kier alpha value is -1.77. The summed E-state index contributed by atoms with van der Waals surface area (Å²) in [6, 6.07) is 3.63. The number of morpholine rings is 1. The second kappa shape index (κ2) is 6.79. The second-order valence-corrected chi connectivity index (χ2v) is 4.96. The SMILES string of the molecule is S=c1oc(COc2cccnc2)nn1CN1CCOCC1. The number of hydrogen-bond acceptors (Lipinski definition) is 7. The van der Waals surface area contributed by atoms with Gasteiger partial charge in [0.25, 0.3) is 10.7 Å². The Bertz CT molecular complexity index is 622. The highest BCUT2D eigenvalue weighted by atomic mass is 32.1. The van der Waals surface area contributed by atoms with Gasteiger partial charge in [-0.15, -0.1) is 5.10 Å². The van der Waals surface area contributed by atoms with E-state index in [0.717, 1.165) is 26.3 Å². The van der Waals surface area contributed by atoms with Crippen molar-refractivity contribution in [2.75, 3.05) is 26.3 Å². The number of rotatable bonds is 5. The minimum Gasteiger partial charge on any atom is -0.482 e. The van der Waals surface area contributed by atoms with E-state index in [2.05, 4.69) is 15.0 Å². The van der Waals surface area contributed by atoms with Crippen LogP contribution in [0.4, 0.5) is 0 Å². The van der Waals surface area contributed by atoms with Gasteiger partial charge in [0.15, 0.2) is 6.61 Å². The first kappa shape index (κ1) is 14.2. The molecule has 0 saturated carbocycles. The van der Waals surface area contributed by atoms with Crippen LogP contribution in [0.15, 0.2) is 28.9 Å². The third-order valence-corrected chi connectivity index (χ3v) is 3.38. The normalized spacial score (nSPS) is 16.0. The van der Waals surface area contributed by atoms with Crippen LogP contribution < -0.4 is 4.74 Å². The molecule has 1 aliphatic heterocycles. The predicted molar refractivity (Wildman–Crippen MR) is 76.3 cm³/mol. The van der Waals surface area contributed by atoms with Gasteiger partial charge in [0.1, 0.15) is 5.75 Å². The lowest BCUT2D eigenvalue weighted by Gasteiger charge is -2.25. The van der Waals surface area contributed by atoms with Crippen LogP contribution in [-0.4, -0.2) is 46.0 Å². The molecular formula is C13H16N4O3S. The van der Waals surface area contributed by atoms with Crippen LogP contribution in [0.1, 0.15) is 5.89 Å². The number of pyridine rings is 1. The molecule has 8 heteroatoms. The van der Waals surface area contributed by atoms with E-state index in [4.69, 9.17) is 26.1 Å². The summed E-state index contributed by atoms with van der Waals surface area (Å²) in [5, 5.41) is 4.34. The van der Waals surface area contributed by atoms with Crippen molar-refractivity contribution in [3.8, 4) is 5.75 Å². The van der Waals surface area contributed by atoms with E-state index in [1.54, 1.807) is 17.1 Å². The minimum absolute atomic E-state index is 0.228.